The molecule has 4 aromatic rings. The van der Waals surface area contributed by atoms with Crippen molar-refractivity contribution in [1.29, 1.82) is 5.26 Å². The van der Waals surface area contributed by atoms with Gasteiger partial charge in [-0.25, -0.2) is 4.98 Å². The van der Waals surface area contributed by atoms with Gasteiger partial charge in [-0.1, -0.05) is 29.8 Å². The summed E-state index contributed by atoms with van der Waals surface area (Å²) < 4.78 is 1.24. The summed E-state index contributed by atoms with van der Waals surface area (Å²) in [5.74, 6) is 0.103. The van der Waals surface area contributed by atoms with Crippen molar-refractivity contribution in [3.8, 4) is 6.07 Å². The standard InChI is InChI=1S/C23H20N6O2/c1-14-6-4-9-19(10-14)21(31)28(13-18-8-5-7-17(11-18)12-24)23-26-22-25-16(3)15(2)20(30)29(22)27-23/h4-11H,13H2,1-3H3,(H,25,26,27). The number of fused-ring (bicyclic) bond motifs is 1. The number of aryl methyl sites for hydroxylation is 2. The SMILES string of the molecule is Cc1cccc(C(=O)N(Cc2cccc(C#N)c2)c2nc3nc(C)c(C)c(=O)n3[nH]2)c1. The quantitative estimate of drug-likeness (QED) is 0.554. The predicted octanol–water partition coefficient (Wildman–Crippen LogP) is 3.06. The van der Waals surface area contributed by atoms with Crippen molar-refractivity contribution in [2.45, 2.75) is 27.3 Å². The van der Waals surface area contributed by atoms with E-state index in [0.717, 1.165) is 11.1 Å². The van der Waals surface area contributed by atoms with Crippen LogP contribution in [-0.2, 0) is 6.54 Å². The van der Waals surface area contributed by atoms with E-state index in [1.54, 1.807) is 44.2 Å². The number of benzene rings is 2. The second-order valence-electron chi connectivity index (χ2n) is 7.38. The van der Waals surface area contributed by atoms with Gasteiger partial charge < -0.3 is 0 Å². The molecule has 0 aliphatic carbocycles. The van der Waals surface area contributed by atoms with Gasteiger partial charge in [0.2, 0.25) is 5.95 Å². The zero-order valence-corrected chi connectivity index (χ0v) is 17.4. The molecule has 0 unspecified atom stereocenters. The molecule has 2 aromatic heterocycles. The summed E-state index contributed by atoms with van der Waals surface area (Å²) in [4.78, 5) is 36.3. The lowest BCUT2D eigenvalue weighted by Crippen LogP contribution is -2.31. The summed E-state index contributed by atoms with van der Waals surface area (Å²) in [6, 6.07) is 16.4. The van der Waals surface area contributed by atoms with Crippen molar-refractivity contribution >= 4 is 17.6 Å². The molecule has 0 spiro atoms. The minimum absolute atomic E-state index is 0.162. The number of nitriles is 1. The maximum Gasteiger partial charge on any atom is 0.277 e. The van der Waals surface area contributed by atoms with Crippen LogP contribution in [0.25, 0.3) is 5.78 Å². The molecule has 0 bridgehead atoms. The summed E-state index contributed by atoms with van der Waals surface area (Å²) in [6.07, 6.45) is 0. The molecule has 0 aliphatic rings. The number of rotatable bonds is 4. The van der Waals surface area contributed by atoms with E-state index in [1.807, 2.05) is 25.1 Å². The number of carbonyl (C=O) groups excluding carboxylic acids is 1. The number of hydrogen-bond acceptors (Lipinski definition) is 5. The summed E-state index contributed by atoms with van der Waals surface area (Å²) in [5, 5.41) is 12.1. The zero-order valence-electron chi connectivity index (χ0n) is 17.4. The Morgan fingerprint density at radius 2 is 1.90 bits per heavy atom. The number of aromatic amines is 1. The Bertz CT molecular complexity index is 1410. The number of hydrogen-bond donors (Lipinski definition) is 1. The van der Waals surface area contributed by atoms with Gasteiger partial charge in [0, 0.05) is 16.8 Å². The van der Waals surface area contributed by atoms with E-state index in [2.05, 4.69) is 21.1 Å². The molecule has 31 heavy (non-hydrogen) atoms. The number of nitrogens with one attached hydrogen (secondary N) is 1. The smallest absolute Gasteiger partial charge is 0.272 e. The van der Waals surface area contributed by atoms with Gasteiger partial charge in [-0.05, 0) is 50.6 Å². The Kier molecular flexibility index (Phi) is 5.09. The monoisotopic (exact) mass is 412 g/mol. The minimum atomic E-state index is -0.286. The molecule has 8 heteroatoms. The molecule has 0 aliphatic heterocycles. The summed E-state index contributed by atoms with van der Waals surface area (Å²) in [5.41, 5.74) is 3.51. The Morgan fingerprint density at radius 1 is 1.13 bits per heavy atom. The fourth-order valence-corrected chi connectivity index (χ4v) is 3.31. The lowest BCUT2D eigenvalue weighted by molar-refractivity contribution is 0.0983. The fourth-order valence-electron chi connectivity index (χ4n) is 3.31. The van der Waals surface area contributed by atoms with E-state index in [0.29, 0.717) is 22.4 Å². The maximum absolute atomic E-state index is 13.4. The topological polar surface area (TPSA) is 107 Å². The highest BCUT2D eigenvalue weighted by Crippen LogP contribution is 2.19. The average Bonchev–Trinajstić information content (AvgIpc) is 3.19. The number of nitrogens with zero attached hydrogens (tertiary/aromatic N) is 5. The highest BCUT2D eigenvalue weighted by molar-refractivity contribution is 6.05. The van der Waals surface area contributed by atoms with Gasteiger partial charge in [-0.15, -0.1) is 0 Å². The molecule has 1 amide bonds. The van der Waals surface area contributed by atoms with Crippen LogP contribution in [-0.4, -0.2) is 25.5 Å². The lowest BCUT2D eigenvalue weighted by atomic mass is 10.1. The Morgan fingerprint density at radius 3 is 2.65 bits per heavy atom. The van der Waals surface area contributed by atoms with Crippen molar-refractivity contribution in [3.63, 3.8) is 0 Å². The molecular weight excluding hydrogens is 392 g/mol. The van der Waals surface area contributed by atoms with E-state index in [-0.39, 0.29) is 29.7 Å². The normalized spacial score (nSPS) is 10.8. The first-order valence-electron chi connectivity index (χ1n) is 9.71. The third-order valence-corrected chi connectivity index (χ3v) is 5.11. The zero-order chi connectivity index (χ0) is 22.1. The molecule has 1 N–H and O–H groups in total. The van der Waals surface area contributed by atoms with Crippen LogP contribution in [0.5, 0.6) is 0 Å². The molecule has 0 radical (unpaired) electrons. The number of anilines is 1. The number of amides is 1. The van der Waals surface area contributed by atoms with Crippen LogP contribution in [0.15, 0.2) is 53.3 Å². The molecule has 154 valence electrons. The largest absolute Gasteiger partial charge is 0.277 e. The van der Waals surface area contributed by atoms with Crippen molar-refractivity contribution in [2.75, 3.05) is 4.90 Å². The average molecular weight is 412 g/mol. The Hall–Kier alpha value is -4.25. The summed E-state index contributed by atoms with van der Waals surface area (Å²) in [7, 11) is 0. The Labute approximate surface area is 178 Å². The van der Waals surface area contributed by atoms with Gasteiger partial charge in [0.15, 0.2) is 0 Å². The number of aromatic nitrogens is 4. The van der Waals surface area contributed by atoms with Crippen molar-refractivity contribution in [1.82, 2.24) is 19.6 Å². The third kappa shape index (κ3) is 3.81. The van der Waals surface area contributed by atoms with Gasteiger partial charge in [-0.2, -0.15) is 14.8 Å². The molecule has 0 fully saturated rings. The molecule has 2 heterocycles. The first kappa shape index (κ1) is 20.0. The third-order valence-electron chi connectivity index (χ3n) is 5.11. The van der Waals surface area contributed by atoms with E-state index in [4.69, 9.17) is 0 Å². The second kappa shape index (κ2) is 7.88. The summed E-state index contributed by atoms with van der Waals surface area (Å²) >= 11 is 0. The number of H-pyrrole nitrogens is 1. The molecule has 0 saturated carbocycles. The van der Waals surface area contributed by atoms with Crippen molar-refractivity contribution in [3.05, 3.63) is 92.4 Å². The van der Waals surface area contributed by atoms with Crippen LogP contribution in [0, 0.1) is 32.1 Å². The molecule has 4 rings (SSSR count). The van der Waals surface area contributed by atoms with Crippen LogP contribution < -0.4 is 10.5 Å². The lowest BCUT2D eigenvalue weighted by Gasteiger charge is -2.20. The van der Waals surface area contributed by atoms with Gasteiger partial charge in [0.25, 0.3) is 17.2 Å². The Balaban J connectivity index is 1.84. The first-order valence-corrected chi connectivity index (χ1v) is 9.71. The summed E-state index contributed by atoms with van der Waals surface area (Å²) in [6.45, 7) is 5.51. The second-order valence-corrected chi connectivity index (χ2v) is 7.38. The van der Waals surface area contributed by atoms with E-state index in [9.17, 15) is 14.9 Å². The van der Waals surface area contributed by atoms with Crippen molar-refractivity contribution < 1.29 is 4.79 Å². The number of carbonyl (C=O) groups is 1. The molecule has 2 aromatic carbocycles. The van der Waals surface area contributed by atoms with Crippen molar-refractivity contribution in [2.24, 2.45) is 0 Å². The van der Waals surface area contributed by atoms with Gasteiger partial charge in [0.05, 0.1) is 18.2 Å². The molecule has 8 nitrogen and oxygen atoms in total. The van der Waals surface area contributed by atoms with E-state index < -0.39 is 0 Å². The van der Waals surface area contributed by atoms with Crippen LogP contribution >= 0.6 is 0 Å². The van der Waals surface area contributed by atoms with Crippen LogP contribution in [0.3, 0.4) is 0 Å². The van der Waals surface area contributed by atoms with E-state index >= 15 is 0 Å². The minimum Gasteiger partial charge on any atom is -0.272 e. The molecule has 0 saturated heterocycles. The van der Waals surface area contributed by atoms with E-state index in [1.165, 1.54) is 9.42 Å². The first-order chi connectivity index (χ1) is 14.9. The maximum atomic E-state index is 13.4. The fraction of sp³-hybridized carbons (Fsp3) is 0.174. The van der Waals surface area contributed by atoms with Gasteiger partial charge >= 0.3 is 0 Å². The van der Waals surface area contributed by atoms with Crippen LogP contribution in [0.1, 0.15) is 38.3 Å². The van der Waals surface area contributed by atoms with Gasteiger partial charge in [-0.3, -0.25) is 19.6 Å². The highest BCUT2D eigenvalue weighted by Gasteiger charge is 2.23. The molecular formula is C23H20N6O2. The molecule has 0 atom stereocenters. The predicted molar refractivity (Wildman–Crippen MR) is 116 cm³/mol. The van der Waals surface area contributed by atoms with Crippen LogP contribution in [0.4, 0.5) is 5.95 Å². The van der Waals surface area contributed by atoms with Gasteiger partial charge in [0.1, 0.15) is 0 Å². The van der Waals surface area contributed by atoms with Crippen LogP contribution in [0.2, 0.25) is 0 Å². The highest BCUT2D eigenvalue weighted by atomic mass is 16.2.